The van der Waals surface area contributed by atoms with Crippen molar-refractivity contribution in [3.8, 4) is 5.69 Å². The van der Waals surface area contributed by atoms with Gasteiger partial charge >= 0.3 is 0 Å². The lowest BCUT2D eigenvalue weighted by Gasteiger charge is -2.10. The fourth-order valence-electron chi connectivity index (χ4n) is 2.21. The van der Waals surface area contributed by atoms with Gasteiger partial charge in [-0.15, -0.1) is 0 Å². The van der Waals surface area contributed by atoms with Crippen LogP contribution in [0.3, 0.4) is 0 Å². The van der Waals surface area contributed by atoms with Gasteiger partial charge in [0, 0.05) is 5.92 Å². The average molecular weight is 245 g/mol. The minimum atomic E-state index is 0.587. The van der Waals surface area contributed by atoms with Crippen molar-refractivity contribution in [1.29, 1.82) is 0 Å². The summed E-state index contributed by atoms with van der Waals surface area (Å²) in [6.45, 7) is 4.22. The number of nitrogens with one attached hydrogen (secondary N) is 1. The minimum absolute atomic E-state index is 0.587. The molecule has 1 aromatic carbocycles. The summed E-state index contributed by atoms with van der Waals surface area (Å²) < 4.78 is 2.78. The first-order valence-electron chi connectivity index (χ1n) is 5.92. The minimum Gasteiger partial charge on any atom is -0.272 e. The quantitative estimate of drug-likeness (QED) is 0.822. The van der Waals surface area contributed by atoms with Gasteiger partial charge in [0.1, 0.15) is 5.82 Å². The third-order valence-corrected chi connectivity index (χ3v) is 3.51. The highest BCUT2D eigenvalue weighted by molar-refractivity contribution is 7.71. The Morgan fingerprint density at radius 3 is 2.76 bits per heavy atom. The normalized spacial score (nSPS) is 15.2. The molecule has 2 aromatic rings. The molecule has 1 aromatic heterocycles. The molecule has 0 saturated heterocycles. The second-order valence-electron chi connectivity index (χ2n) is 4.79. The van der Waals surface area contributed by atoms with E-state index in [1.807, 2.05) is 0 Å². The standard InChI is InChI=1S/C13H15N3S/c1-8-3-6-11(9(2)7-8)16-12(10-4-5-10)14-15-13(16)17/h3,6-7,10H,4-5H2,1-2H3,(H,15,17). The zero-order valence-corrected chi connectivity index (χ0v) is 10.8. The van der Waals surface area contributed by atoms with E-state index in [1.54, 1.807) is 0 Å². The molecule has 3 rings (SSSR count). The predicted octanol–water partition coefficient (Wildman–Crippen LogP) is 3.42. The zero-order valence-electron chi connectivity index (χ0n) is 10.0. The Hall–Kier alpha value is -1.42. The smallest absolute Gasteiger partial charge is 0.199 e. The zero-order chi connectivity index (χ0) is 12.0. The monoisotopic (exact) mass is 245 g/mol. The summed E-state index contributed by atoms with van der Waals surface area (Å²) in [5.41, 5.74) is 3.66. The van der Waals surface area contributed by atoms with E-state index in [0.29, 0.717) is 10.7 Å². The highest BCUT2D eigenvalue weighted by Crippen LogP contribution is 2.40. The van der Waals surface area contributed by atoms with Crippen LogP contribution in [0.2, 0.25) is 0 Å². The summed E-state index contributed by atoms with van der Waals surface area (Å²) >= 11 is 5.34. The van der Waals surface area contributed by atoms with Crippen LogP contribution >= 0.6 is 12.2 Å². The van der Waals surface area contributed by atoms with Crippen LogP contribution in [-0.4, -0.2) is 14.8 Å². The molecule has 3 nitrogen and oxygen atoms in total. The van der Waals surface area contributed by atoms with Crippen LogP contribution in [0.1, 0.15) is 35.7 Å². The molecule has 1 heterocycles. The van der Waals surface area contributed by atoms with Crippen LogP contribution in [-0.2, 0) is 0 Å². The second-order valence-corrected chi connectivity index (χ2v) is 5.17. The Kier molecular flexibility index (Phi) is 2.40. The van der Waals surface area contributed by atoms with Gasteiger partial charge < -0.3 is 0 Å². The fraction of sp³-hybridized carbons (Fsp3) is 0.385. The lowest BCUT2D eigenvalue weighted by molar-refractivity contribution is 0.864. The largest absolute Gasteiger partial charge is 0.272 e. The SMILES string of the molecule is Cc1ccc(-n2c(C3CC3)n[nH]c2=S)c(C)c1. The van der Waals surface area contributed by atoms with Crippen molar-refractivity contribution in [2.24, 2.45) is 0 Å². The highest BCUT2D eigenvalue weighted by atomic mass is 32.1. The van der Waals surface area contributed by atoms with Crippen molar-refractivity contribution in [1.82, 2.24) is 14.8 Å². The first-order valence-corrected chi connectivity index (χ1v) is 6.32. The van der Waals surface area contributed by atoms with Crippen molar-refractivity contribution < 1.29 is 0 Å². The van der Waals surface area contributed by atoms with Gasteiger partial charge in [0.15, 0.2) is 4.77 Å². The molecule has 0 atom stereocenters. The Labute approximate surface area is 105 Å². The summed E-state index contributed by atoms with van der Waals surface area (Å²) in [7, 11) is 0. The summed E-state index contributed by atoms with van der Waals surface area (Å²) in [6, 6.07) is 6.43. The van der Waals surface area contributed by atoms with Crippen molar-refractivity contribution in [3.05, 3.63) is 39.9 Å². The molecule has 1 aliphatic rings. The molecule has 0 amide bonds. The van der Waals surface area contributed by atoms with E-state index >= 15 is 0 Å². The van der Waals surface area contributed by atoms with Crippen molar-refractivity contribution in [2.75, 3.05) is 0 Å². The molecule has 4 heteroatoms. The van der Waals surface area contributed by atoms with E-state index in [-0.39, 0.29) is 0 Å². The van der Waals surface area contributed by atoms with Crippen LogP contribution in [0.25, 0.3) is 5.69 Å². The summed E-state index contributed by atoms with van der Waals surface area (Å²) in [5.74, 6) is 1.67. The number of aryl methyl sites for hydroxylation is 2. The molecule has 88 valence electrons. The molecule has 0 bridgehead atoms. The van der Waals surface area contributed by atoms with Gasteiger partial charge in [-0.3, -0.25) is 9.67 Å². The maximum atomic E-state index is 5.34. The van der Waals surface area contributed by atoms with Gasteiger partial charge in [0.05, 0.1) is 5.69 Å². The van der Waals surface area contributed by atoms with Crippen LogP contribution in [0.4, 0.5) is 0 Å². The van der Waals surface area contributed by atoms with E-state index in [9.17, 15) is 0 Å². The fourth-order valence-corrected chi connectivity index (χ4v) is 2.45. The van der Waals surface area contributed by atoms with E-state index in [0.717, 1.165) is 11.5 Å². The number of hydrogen-bond donors (Lipinski definition) is 1. The van der Waals surface area contributed by atoms with Gasteiger partial charge in [-0.2, -0.15) is 5.10 Å². The van der Waals surface area contributed by atoms with Crippen molar-refractivity contribution in [3.63, 3.8) is 0 Å². The molecular formula is C13H15N3S. The third-order valence-electron chi connectivity index (χ3n) is 3.23. The number of nitrogens with zero attached hydrogens (tertiary/aromatic N) is 2. The number of benzene rings is 1. The molecule has 0 aliphatic heterocycles. The summed E-state index contributed by atoms with van der Waals surface area (Å²) in [5, 5.41) is 7.28. The van der Waals surface area contributed by atoms with E-state index in [4.69, 9.17) is 12.2 Å². The Bertz CT molecular complexity index is 620. The Balaban J connectivity index is 2.20. The van der Waals surface area contributed by atoms with Gasteiger partial charge in [-0.1, -0.05) is 17.7 Å². The number of H-pyrrole nitrogens is 1. The summed E-state index contributed by atoms with van der Waals surface area (Å²) in [6.07, 6.45) is 2.45. The lowest BCUT2D eigenvalue weighted by Crippen LogP contribution is -2.02. The molecular weight excluding hydrogens is 230 g/mol. The average Bonchev–Trinajstić information content (AvgIpc) is 3.04. The molecule has 1 aliphatic carbocycles. The van der Waals surface area contributed by atoms with Gasteiger partial charge in [-0.25, -0.2) is 0 Å². The number of rotatable bonds is 2. The van der Waals surface area contributed by atoms with E-state index < -0.39 is 0 Å². The maximum absolute atomic E-state index is 5.34. The molecule has 1 saturated carbocycles. The first-order chi connectivity index (χ1) is 8.16. The Morgan fingerprint density at radius 1 is 1.35 bits per heavy atom. The molecule has 1 fully saturated rings. The molecule has 0 unspecified atom stereocenters. The van der Waals surface area contributed by atoms with Crippen molar-refractivity contribution >= 4 is 12.2 Å². The van der Waals surface area contributed by atoms with E-state index in [1.165, 1.54) is 24.0 Å². The van der Waals surface area contributed by atoms with E-state index in [2.05, 4.69) is 46.8 Å². The van der Waals surface area contributed by atoms with Crippen LogP contribution in [0.15, 0.2) is 18.2 Å². The Morgan fingerprint density at radius 2 is 2.12 bits per heavy atom. The number of aromatic amines is 1. The second kappa shape index (κ2) is 3.81. The van der Waals surface area contributed by atoms with Crippen LogP contribution < -0.4 is 0 Å². The van der Waals surface area contributed by atoms with Crippen LogP contribution in [0, 0.1) is 18.6 Å². The first kappa shape index (κ1) is 10.7. The highest BCUT2D eigenvalue weighted by Gasteiger charge is 2.29. The molecule has 0 spiro atoms. The van der Waals surface area contributed by atoms with Gasteiger partial charge in [0.2, 0.25) is 0 Å². The van der Waals surface area contributed by atoms with Gasteiger partial charge in [-0.05, 0) is 50.5 Å². The van der Waals surface area contributed by atoms with Crippen molar-refractivity contribution in [2.45, 2.75) is 32.6 Å². The third kappa shape index (κ3) is 1.82. The predicted molar refractivity (Wildman–Crippen MR) is 70.2 cm³/mol. The lowest BCUT2D eigenvalue weighted by atomic mass is 10.1. The van der Waals surface area contributed by atoms with Crippen LogP contribution in [0.5, 0.6) is 0 Å². The number of hydrogen-bond acceptors (Lipinski definition) is 2. The topological polar surface area (TPSA) is 33.6 Å². The molecule has 1 N–H and O–H groups in total. The maximum Gasteiger partial charge on any atom is 0.199 e. The summed E-state index contributed by atoms with van der Waals surface area (Å²) in [4.78, 5) is 0. The van der Waals surface area contributed by atoms with Gasteiger partial charge in [0.25, 0.3) is 0 Å². The number of aromatic nitrogens is 3. The molecule has 0 radical (unpaired) electrons. The molecule has 17 heavy (non-hydrogen) atoms.